The van der Waals surface area contributed by atoms with Crippen LogP contribution in [0.15, 0.2) is 0 Å². The van der Waals surface area contributed by atoms with Crippen LogP contribution in [-0.2, 0) is 4.79 Å². The molecule has 0 aromatic heterocycles. The van der Waals surface area contributed by atoms with Crippen molar-refractivity contribution in [2.75, 3.05) is 26.2 Å². The van der Waals surface area contributed by atoms with Crippen LogP contribution in [-0.4, -0.2) is 49.1 Å². The van der Waals surface area contributed by atoms with Gasteiger partial charge in [0.2, 0.25) is 5.91 Å². The summed E-state index contributed by atoms with van der Waals surface area (Å²) in [5, 5.41) is 6.41. The molecule has 2 N–H and O–H groups in total. The smallest absolute Gasteiger partial charge is 0.221 e. The molecule has 0 radical (unpaired) electrons. The van der Waals surface area contributed by atoms with Crippen LogP contribution in [0.4, 0.5) is 0 Å². The Hall–Kier alpha value is -0.610. The van der Waals surface area contributed by atoms with Gasteiger partial charge in [-0.3, -0.25) is 4.79 Å². The lowest BCUT2D eigenvalue weighted by molar-refractivity contribution is -0.121. The minimum absolute atomic E-state index is 0.190. The summed E-state index contributed by atoms with van der Waals surface area (Å²) in [6.07, 6.45) is 2.92. The SMILES string of the molecule is CCN(CC)CC(C)NCCC(=O)NC1CC1. The topological polar surface area (TPSA) is 44.4 Å². The highest BCUT2D eigenvalue weighted by Gasteiger charge is 2.22. The van der Waals surface area contributed by atoms with Gasteiger partial charge in [0.1, 0.15) is 0 Å². The first-order valence-corrected chi connectivity index (χ1v) is 6.90. The van der Waals surface area contributed by atoms with Gasteiger partial charge in [-0.05, 0) is 32.9 Å². The fraction of sp³-hybridized carbons (Fsp3) is 0.923. The first-order valence-electron chi connectivity index (χ1n) is 6.90. The summed E-state index contributed by atoms with van der Waals surface area (Å²) >= 11 is 0. The second kappa shape index (κ2) is 7.67. The molecule has 0 saturated heterocycles. The van der Waals surface area contributed by atoms with E-state index in [-0.39, 0.29) is 5.91 Å². The van der Waals surface area contributed by atoms with Crippen molar-refractivity contribution in [1.29, 1.82) is 0 Å². The minimum Gasteiger partial charge on any atom is -0.353 e. The van der Waals surface area contributed by atoms with E-state index in [0.717, 1.165) is 39.0 Å². The zero-order valence-corrected chi connectivity index (χ0v) is 11.5. The van der Waals surface area contributed by atoms with Gasteiger partial charge in [0, 0.05) is 31.6 Å². The van der Waals surface area contributed by atoms with Crippen LogP contribution < -0.4 is 10.6 Å². The van der Waals surface area contributed by atoms with Crippen molar-refractivity contribution < 1.29 is 4.79 Å². The summed E-state index contributed by atoms with van der Waals surface area (Å²) < 4.78 is 0. The Morgan fingerprint density at radius 2 is 2.00 bits per heavy atom. The third kappa shape index (κ3) is 6.64. The number of rotatable bonds is 9. The Kier molecular flexibility index (Phi) is 6.52. The molecule has 0 aromatic rings. The molecule has 0 spiro atoms. The zero-order valence-electron chi connectivity index (χ0n) is 11.5. The monoisotopic (exact) mass is 241 g/mol. The van der Waals surface area contributed by atoms with Crippen molar-refractivity contribution in [3.8, 4) is 0 Å². The van der Waals surface area contributed by atoms with Crippen molar-refractivity contribution in [3.05, 3.63) is 0 Å². The highest BCUT2D eigenvalue weighted by Crippen LogP contribution is 2.18. The molecule has 1 unspecified atom stereocenters. The lowest BCUT2D eigenvalue weighted by Crippen LogP contribution is -2.40. The Labute approximate surface area is 105 Å². The third-order valence-electron chi connectivity index (χ3n) is 3.21. The summed E-state index contributed by atoms with van der Waals surface area (Å²) in [5.74, 6) is 0.190. The summed E-state index contributed by atoms with van der Waals surface area (Å²) in [5.41, 5.74) is 0. The van der Waals surface area contributed by atoms with Crippen LogP contribution in [0.2, 0.25) is 0 Å². The Morgan fingerprint density at radius 3 is 2.53 bits per heavy atom. The molecule has 1 amide bonds. The molecule has 0 aliphatic heterocycles. The molecule has 1 saturated carbocycles. The van der Waals surface area contributed by atoms with E-state index in [1.165, 1.54) is 0 Å². The van der Waals surface area contributed by atoms with E-state index < -0.39 is 0 Å². The molecule has 4 heteroatoms. The van der Waals surface area contributed by atoms with Gasteiger partial charge in [-0.15, -0.1) is 0 Å². The molecule has 0 aromatic carbocycles. The Bertz CT molecular complexity index is 225. The highest BCUT2D eigenvalue weighted by molar-refractivity contribution is 5.76. The highest BCUT2D eigenvalue weighted by atomic mass is 16.1. The molecule has 4 nitrogen and oxygen atoms in total. The number of carbonyl (C=O) groups is 1. The van der Waals surface area contributed by atoms with E-state index in [0.29, 0.717) is 18.5 Å². The summed E-state index contributed by atoms with van der Waals surface area (Å²) in [6.45, 7) is 10.5. The average Bonchev–Trinajstić information content (AvgIpc) is 3.09. The fourth-order valence-corrected chi connectivity index (χ4v) is 1.89. The van der Waals surface area contributed by atoms with Gasteiger partial charge in [0.15, 0.2) is 0 Å². The number of carbonyl (C=O) groups excluding carboxylic acids is 1. The van der Waals surface area contributed by atoms with E-state index in [2.05, 4.69) is 36.3 Å². The Balaban J connectivity index is 2.01. The molecule has 0 heterocycles. The number of nitrogens with zero attached hydrogens (tertiary/aromatic N) is 1. The van der Waals surface area contributed by atoms with Crippen LogP contribution in [0.25, 0.3) is 0 Å². The van der Waals surface area contributed by atoms with Crippen molar-refractivity contribution in [1.82, 2.24) is 15.5 Å². The first kappa shape index (κ1) is 14.5. The van der Waals surface area contributed by atoms with E-state index in [4.69, 9.17) is 0 Å². The van der Waals surface area contributed by atoms with Gasteiger partial charge in [0.05, 0.1) is 0 Å². The van der Waals surface area contributed by atoms with Crippen LogP contribution in [0.3, 0.4) is 0 Å². The van der Waals surface area contributed by atoms with E-state index in [9.17, 15) is 4.79 Å². The number of amides is 1. The predicted molar refractivity (Wildman–Crippen MR) is 71.0 cm³/mol. The van der Waals surface area contributed by atoms with Crippen LogP contribution in [0, 0.1) is 0 Å². The minimum atomic E-state index is 0.190. The summed E-state index contributed by atoms with van der Waals surface area (Å²) in [4.78, 5) is 13.8. The van der Waals surface area contributed by atoms with E-state index in [1.807, 2.05) is 0 Å². The number of likely N-dealkylation sites (N-methyl/N-ethyl adjacent to an activating group) is 1. The van der Waals surface area contributed by atoms with Gasteiger partial charge >= 0.3 is 0 Å². The number of nitrogens with one attached hydrogen (secondary N) is 2. The van der Waals surface area contributed by atoms with Gasteiger partial charge in [-0.25, -0.2) is 0 Å². The maximum atomic E-state index is 11.4. The van der Waals surface area contributed by atoms with Crippen molar-refractivity contribution >= 4 is 5.91 Å². The average molecular weight is 241 g/mol. The Morgan fingerprint density at radius 1 is 1.35 bits per heavy atom. The lowest BCUT2D eigenvalue weighted by atomic mass is 10.3. The molecular formula is C13H27N3O. The van der Waals surface area contributed by atoms with E-state index >= 15 is 0 Å². The van der Waals surface area contributed by atoms with E-state index in [1.54, 1.807) is 0 Å². The van der Waals surface area contributed by atoms with Crippen LogP contribution in [0.1, 0.15) is 40.0 Å². The molecule has 100 valence electrons. The van der Waals surface area contributed by atoms with Crippen LogP contribution in [0.5, 0.6) is 0 Å². The van der Waals surface area contributed by atoms with Gasteiger partial charge in [-0.2, -0.15) is 0 Å². The van der Waals surface area contributed by atoms with Crippen LogP contribution >= 0.6 is 0 Å². The zero-order chi connectivity index (χ0) is 12.7. The normalized spacial score (nSPS) is 17.2. The molecule has 0 bridgehead atoms. The first-order chi connectivity index (χ1) is 8.15. The van der Waals surface area contributed by atoms with Gasteiger partial charge in [-0.1, -0.05) is 13.8 Å². The summed E-state index contributed by atoms with van der Waals surface area (Å²) in [6, 6.07) is 0.930. The maximum Gasteiger partial charge on any atom is 0.221 e. The molecular weight excluding hydrogens is 214 g/mol. The molecule has 1 aliphatic carbocycles. The quantitative estimate of drug-likeness (QED) is 0.632. The molecule has 1 rings (SSSR count). The second-order valence-electron chi connectivity index (χ2n) is 4.93. The number of hydrogen-bond donors (Lipinski definition) is 2. The number of hydrogen-bond acceptors (Lipinski definition) is 3. The fourth-order valence-electron chi connectivity index (χ4n) is 1.89. The third-order valence-corrected chi connectivity index (χ3v) is 3.21. The van der Waals surface area contributed by atoms with Gasteiger partial charge < -0.3 is 15.5 Å². The second-order valence-corrected chi connectivity index (χ2v) is 4.93. The largest absolute Gasteiger partial charge is 0.353 e. The van der Waals surface area contributed by atoms with Gasteiger partial charge in [0.25, 0.3) is 0 Å². The molecule has 17 heavy (non-hydrogen) atoms. The van der Waals surface area contributed by atoms with Crippen molar-refractivity contribution in [2.45, 2.75) is 52.1 Å². The summed E-state index contributed by atoms with van der Waals surface area (Å²) in [7, 11) is 0. The standard InChI is InChI=1S/C13H27N3O/c1-4-16(5-2)10-11(3)14-9-8-13(17)15-12-6-7-12/h11-12,14H,4-10H2,1-3H3,(H,15,17). The molecule has 1 atom stereocenters. The van der Waals surface area contributed by atoms with Crippen molar-refractivity contribution in [2.24, 2.45) is 0 Å². The maximum absolute atomic E-state index is 11.4. The predicted octanol–water partition coefficient (Wildman–Crippen LogP) is 0.975. The lowest BCUT2D eigenvalue weighted by Gasteiger charge is -2.23. The molecule has 1 aliphatic rings. The van der Waals surface area contributed by atoms with Crippen molar-refractivity contribution in [3.63, 3.8) is 0 Å². The molecule has 1 fully saturated rings.